The number of amides is 3. The molecule has 0 fully saturated rings. The number of nitrogens with zero attached hydrogens (tertiary/aromatic N) is 1. The second-order valence-electron chi connectivity index (χ2n) is 12.3. The molecule has 0 aliphatic rings. The third-order valence-electron chi connectivity index (χ3n) is 7.31. The van der Waals surface area contributed by atoms with E-state index in [1.54, 1.807) is 64.1 Å². The Morgan fingerprint density at radius 2 is 1.62 bits per heavy atom. The fourth-order valence-corrected chi connectivity index (χ4v) is 5.08. The van der Waals surface area contributed by atoms with Crippen molar-refractivity contribution >= 4 is 23.9 Å². The van der Waals surface area contributed by atoms with Gasteiger partial charge in [-0.15, -0.1) is 6.42 Å². The van der Waals surface area contributed by atoms with E-state index in [0.29, 0.717) is 23.1 Å². The molecule has 10 heteroatoms. The van der Waals surface area contributed by atoms with E-state index in [4.69, 9.17) is 15.9 Å². The average molecular weight is 650 g/mol. The number of aromatic hydroxyl groups is 1. The highest BCUT2D eigenvalue weighted by Crippen LogP contribution is 2.27. The summed E-state index contributed by atoms with van der Waals surface area (Å²) in [5.74, 6) is 1.22. The molecule has 0 aliphatic carbocycles. The summed E-state index contributed by atoms with van der Waals surface area (Å²) in [5.41, 5.74) is 0.746. The number of hydrogen-bond acceptors (Lipinski definition) is 7. The third-order valence-corrected chi connectivity index (χ3v) is 7.31. The van der Waals surface area contributed by atoms with E-state index in [1.807, 2.05) is 0 Å². The molecule has 47 heavy (non-hydrogen) atoms. The molecule has 0 heterocycles. The molecule has 0 saturated carbocycles. The van der Waals surface area contributed by atoms with Crippen LogP contribution < -0.4 is 10.6 Å². The Kier molecular flexibility index (Phi) is 16.3. The summed E-state index contributed by atoms with van der Waals surface area (Å²) in [7, 11) is 0. The van der Waals surface area contributed by atoms with Gasteiger partial charge in [0.1, 0.15) is 23.4 Å². The van der Waals surface area contributed by atoms with Crippen LogP contribution in [0.2, 0.25) is 0 Å². The van der Waals surface area contributed by atoms with E-state index < -0.39 is 41.6 Å². The van der Waals surface area contributed by atoms with Crippen LogP contribution in [0.4, 0.5) is 4.79 Å². The van der Waals surface area contributed by atoms with Gasteiger partial charge < -0.3 is 30.1 Å². The minimum Gasteiger partial charge on any atom is -0.508 e. The van der Waals surface area contributed by atoms with E-state index in [2.05, 4.69) is 23.5 Å². The molecule has 0 spiro atoms. The third kappa shape index (κ3) is 13.8. The molecule has 0 bridgehead atoms. The van der Waals surface area contributed by atoms with Crippen molar-refractivity contribution in [3.05, 3.63) is 65.2 Å². The van der Waals surface area contributed by atoms with Crippen LogP contribution in [0.1, 0.15) is 102 Å². The number of unbranched alkanes of at least 4 members (excludes halogenated alkanes) is 5. The lowest BCUT2D eigenvalue weighted by atomic mass is 9.96. The number of esters is 1. The number of hydrogen-bond donors (Lipinski definition) is 3. The number of benzene rings is 2. The maximum atomic E-state index is 14.7. The first-order chi connectivity index (χ1) is 22.4. The predicted octanol–water partition coefficient (Wildman–Crippen LogP) is 5.81. The molecule has 0 radical (unpaired) electrons. The van der Waals surface area contributed by atoms with Crippen molar-refractivity contribution in [3.63, 3.8) is 0 Å². The van der Waals surface area contributed by atoms with Crippen molar-refractivity contribution in [1.29, 1.82) is 0 Å². The quantitative estimate of drug-likeness (QED) is 0.105. The van der Waals surface area contributed by atoms with E-state index in [9.17, 15) is 24.3 Å². The maximum absolute atomic E-state index is 14.7. The number of nitrogens with one attached hydrogen (secondary N) is 2. The molecule has 3 N–H and O–H groups in total. The van der Waals surface area contributed by atoms with Gasteiger partial charge in [0.2, 0.25) is 11.8 Å². The summed E-state index contributed by atoms with van der Waals surface area (Å²) >= 11 is 0. The first-order valence-corrected chi connectivity index (χ1v) is 16.5. The van der Waals surface area contributed by atoms with Crippen LogP contribution in [-0.4, -0.2) is 65.2 Å². The van der Waals surface area contributed by atoms with Crippen molar-refractivity contribution in [1.82, 2.24) is 15.5 Å². The van der Waals surface area contributed by atoms with Crippen LogP contribution in [0.5, 0.6) is 5.75 Å². The second-order valence-corrected chi connectivity index (χ2v) is 12.3. The Bertz CT molecular complexity index is 1340. The lowest BCUT2D eigenvalue weighted by Gasteiger charge is -2.35. The fourth-order valence-electron chi connectivity index (χ4n) is 5.08. The standard InChI is InChI=1S/C37H51N3O7/c1-7-10-11-12-13-16-25-40(33(30-18-15-14-17-28(30)8-2)34(43)38-24-23-32(42)46-9-3)35(44)31(39-36(45)47-37(4,5)6)26-27-19-21-29(41)22-20-27/h2,14-15,17-22,31,33,41H,7,9-13,16,23-26H2,1,3-6H3,(H,38,43)(H,39,45). The highest BCUT2D eigenvalue weighted by atomic mass is 16.6. The smallest absolute Gasteiger partial charge is 0.408 e. The highest BCUT2D eigenvalue weighted by Gasteiger charge is 2.37. The van der Waals surface area contributed by atoms with Gasteiger partial charge in [-0.1, -0.05) is 75.3 Å². The minimum atomic E-state index is -1.16. The number of carbonyl (C=O) groups is 4. The van der Waals surface area contributed by atoms with Crippen molar-refractivity contribution < 1.29 is 33.8 Å². The number of ether oxygens (including phenoxy) is 2. The number of phenols is 1. The highest BCUT2D eigenvalue weighted by molar-refractivity contribution is 5.93. The van der Waals surface area contributed by atoms with Gasteiger partial charge in [0.05, 0.1) is 13.0 Å². The van der Waals surface area contributed by atoms with E-state index in [-0.39, 0.29) is 38.3 Å². The van der Waals surface area contributed by atoms with Crippen LogP contribution in [0.3, 0.4) is 0 Å². The summed E-state index contributed by atoms with van der Waals surface area (Å²) in [4.78, 5) is 55.2. The molecule has 10 nitrogen and oxygen atoms in total. The van der Waals surface area contributed by atoms with Gasteiger partial charge in [0, 0.05) is 25.1 Å². The summed E-state index contributed by atoms with van der Waals surface area (Å²) in [5, 5.41) is 15.4. The van der Waals surface area contributed by atoms with Crippen LogP contribution in [0, 0.1) is 12.3 Å². The molecule has 0 saturated heterocycles. The van der Waals surface area contributed by atoms with Crippen LogP contribution in [0.15, 0.2) is 48.5 Å². The first-order valence-electron chi connectivity index (χ1n) is 16.5. The minimum absolute atomic E-state index is 0.00146. The normalized spacial score (nSPS) is 12.3. The van der Waals surface area contributed by atoms with Crippen LogP contribution in [0.25, 0.3) is 0 Å². The summed E-state index contributed by atoms with van der Waals surface area (Å²) in [6, 6.07) is 11.0. The Morgan fingerprint density at radius 1 is 0.957 bits per heavy atom. The molecule has 256 valence electrons. The predicted molar refractivity (Wildman–Crippen MR) is 181 cm³/mol. The molecular weight excluding hydrogens is 598 g/mol. The maximum Gasteiger partial charge on any atom is 0.408 e. The molecule has 0 aliphatic heterocycles. The monoisotopic (exact) mass is 649 g/mol. The Morgan fingerprint density at radius 3 is 2.26 bits per heavy atom. The van der Waals surface area contributed by atoms with Gasteiger partial charge >= 0.3 is 12.1 Å². The topological polar surface area (TPSA) is 134 Å². The molecule has 2 unspecified atom stereocenters. The first kappa shape index (κ1) is 38.7. The number of alkyl carbamates (subject to hydrolysis) is 1. The number of terminal acetylenes is 1. The van der Waals surface area contributed by atoms with Gasteiger partial charge in [-0.05, 0) is 63.4 Å². The molecule has 0 aromatic heterocycles. The SMILES string of the molecule is C#Cc1ccccc1C(C(=O)NCCC(=O)OCC)N(CCCCCCCC)C(=O)C(Cc1ccc(O)cc1)NC(=O)OC(C)(C)C. The van der Waals surface area contributed by atoms with E-state index >= 15 is 0 Å². The van der Waals surface area contributed by atoms with Crippen molar-refractivity contribution in [2.45, 2.75) is 104 Å². The Hall–Kier alpha value is -4.52. The largest absolute Gasteiger partial charge is 0.508 e. The Labute approximate surface area is 279 Å². The van der Waals surface area contributed by atoms with Crippen molar-refractivity contribution in [2.75, 3.05) is 19.7 Å². The van der Waals surface area contributed by atoms with Gasteiger partial charge in [0.25, 0.3) is 0 Å². The van der Waals surface area contributed by atoms with Crippen molar-refractivity contribution in [3.8, 4) is 18.1 Å². The van der Waals surface area contributed by atoms with Crippen LogP contribution >= 0.6 is 0 Å². The van der Waals surface area contributed by atoms with Gasteiger partial charge in [0.15, 0.2) is 0 Å². The number of phenolic OH excluding ortho intramolecular Hbond substituents is 1. The number of carbonyl (C=O) groups excluding carboxylic acids is 4. The Balaban J connectivity index is 2.57. The van der Waals surface area contributed by atoms with Crippen LogP contribution in [-0.2, 0) is 30.3 Å². The molecule has 2 atom stereocenters. The molecule has 2 rings (SSSR count). The second kappa shape index (κ2) is 19.9. The number of rotatable bonds is 18. The van der Waals surface area contributed by atoms with Gasteiger partial charge in [-0.3, -0.25) is 14.4 Å². The van der Waals surface area contributed by atoms with Crippen molar-refractivity contribution in [2.24, 2.45) is 0 Å². The molecule has 2 aromatic rings. The summed E-state index contributed by atoms with van der Waals surface area (Å²) in [6.45, 7) is 9.44. The summed E-state index contributed by atoms with van der Waals surface area (Å²) in [6.07, 6.45) is 10.8. The lowest BCUT2D eigenvalue weighted by Crippen LogP contribution is -2.54. The fraction of sp³-hybridized carbons (Fsp3) is 0.514. The zero-order valence-corrected chi connectivity index (χ0v) is 28.5. The lowest BCUT2D eigenvalue weighted by molar-refractivity contribution is -0.144. The zero-order valence-electron chi connectivity index (χ0n) is 28.5. The average Bonchev–Trinajstić information content (AvgIpc) is 3.01. The van der Waals surface area contributed by atoms with Gasteiger partial charge in [-0.25, -0.2) is 4.79 Å². The van der Waals surface area contributed by atoms with E-state index in [0.717, 1.165) is 32.1 Å². The summed E-state index contributed by atoms with van der Waals surface area (Å²) < 4.78 is 10.5. The van der Waals surface area contributed by atoms with E-state index in [1.165, 1.54) is 17.0 Å². The molecule has 3 amide bonds. The molecule has 2 aromatic carbocycles. The zero-order chi connectivity index (χ0) is 34.8. The molecular formula is C37H51N3O7. The van der Waals surface area contributed by atoms with Gasteiger partial charge in [-0.2, -0.15) is 0 Å².